The summed E-state index contributed by atoms with van der Waals surface area (Å²) in [6.45, 7) is 0. The molecule has 0 spiro atoms. The molecular weight excluding hydrogens is 399 g/mol. The summed E-state index contributed by atoms with van der Waals surface area (Å²) in [6.07, 6.45) is -0.633. The zero-order valence-electron chi connectivity index (χ0n) is 15.0. The maximum absolute atomic E-state index is 13.0. The fourth-order valence-corrected chi connectivity index (χ4v) is 5.17. The third-order valence-corrected chi connectivity index (χ3v) is 6.85. The van der Waals surface area contributed by atoms with Crippen molar-refractivity contribution in [3.05, 3.63) is 78.4 Å². The second-order valence-electron chi connectivity index (χ2n) is 6.19. The van der Waals surface area contributed by atoms with Gasteiger partial charge in [0.2, 0.25) is 9.84 Å². The average Bonchev–Trinajstić information content (AvgIpc) is 2.67. The number of hydrogen-bond donors (Lipinski definition) is 2. The number of hydrogen-bond acceptors (Lipinski definition) is 4. The maximum atomic E-state index is 13.0. The van der Waals surface area contributed by atoms with Crippen molar-refractivity contribution >= 4 is 17.4 Å². The van der Waals surface area contributed by atoms with Gasteiger partial charge >= 0.3 is 7.60 Å². The molecule has 0 radical (unpaired) electrons. The topological polar surface area (TPSA) is 101 Å². The molecule has 2 N–H and O–H groups in total. The molecule has 6 nitrogen and oxygen atoms in total. The van der Waals surface area contributed by atoms with Gasteiger partial charge in [-0.2, -0.15) is 0 Å². The number of benzene rings is 3. The zero-order chi connectivity index (χ0) is 20.4. The van der Waals surface area contributed by atoms with Crippen LogP contribution < -0.4 is 4.74 Å². The monoisotopic (exact) mass is 418 g/mol. The minimum Gasteiger partial charge on any atom is -0.497 e. The highest BCUT2D eigenvalue weighted by molar-refractivity contribution is 7.91. The van der Waals surface area contributed by atoms with E-state index in [9.17, 15) is 22.8 Å². The van der Waals surface area contributed by atoms with E-state index in [0.29, 0.717) is 0 Å². The van der Waals surface area contributed by atoms with E-state index < -0.39 is 23.6 Å². The van der Waals surface area contributed by atoms with Gasteiger partial charge in [-0.15, -0.1) is 0 Å². The fraction of sp³-hybridized carbons (Fsp3) is 0.100. The van der Waals surface area contributed by atoms with Gasteiger partial charge in [0.15, 0.2) is 0 Å². The summed E-state index contributed by atoms with van der Waals surface area (Å²) in [6, 6.07) is 19.6. The van der Waals surface area contributed by atoms with E-state index in [2.05, 4.69) is 0 Å². The minimum absolute atomic E-state index is 0.0583. The molecule has 0 saturated heterocycles. The van der Waals surface area contributed by atoms with Crippen molar-refractivity contribution in [1.29, 1.82) is 0 Å². The molecule has 0 aromatic heterocycles. The maximum Gasteiger partial charge on any atom is 0.329 e. The van der Waals surface area contributed by atoms with E-state index in [4.69, 9.17) is 4.74 Å². The lowest BCUT2D eigenvalue weighted by molar-refractivity contribution is 0.371. The first-order valence-corrected chi connectivity index (χ1v) is 11.6. The first kappa shape index (κ1) is 20.3. The minimum atomic E-state index is -4.41. The van der Waals surface area contributed by atoms with Crippen molar-refractivity contribution in [3.8, 4) is 16.9 Å². The van der Waals surface area contributed by atoms with Crippen LogP contribution in [0.15, 0.2) is 82.6 Å². The third-order valence-electron chi connectivity index (χ3n) is 4.23. The fourth-order valence-electron chi connectivity index (χ4n) is 2.86. The summed E-state index contributed by atoms with van der Waals surface area (Å²) >= 11 is 0. The van der Waals surface area contributed by atoms with Crippen molar-refractivity contribution in [2.24, 2.45) is 0 Å². The van der Waals surface area contributed by atoms with Crippen LogP contribution in [-0.4, -0.2) is 25.3 Å². The van der Waals surface area contributed by atoms with Gasteiger partial charge in [-0.1, -0.05) is 42.5 Å². The van der Waals surface area contributed by atoms with Crippen molar-refractivity contribution in [2.45, 2.75) is 16.0 Å². The van der Waals surface area contributed by atoms with Crippen LogP contribution in [-0.2, 0) is 20.6 Å². The molecule has 0 aliphatic rings. The molecule has 0 bridgehead atoms. The molecule has 28 heavy (non-hydrogen) atoms. The van der Waals surface area contributed by atoms with E-state index in [1.54, 1.807) is 25.3 Å². The van der Waals surface area contributed by atoms with E-state index in [1.807, 2.05) is 24.3 Å². The van der Waals surface area contributed by atoms with Crippen molar-refractivity contribution in [3.63, 3.8) is 0 Å². The molecule has 146 valence electrons. The van der Waals surface area contributed by atoms with E-state index in [0.717, 1.165) is 16.9 Å². The van der Waals surface area contributed by atoms with E-state index in [-0.39, 0.29) is 15.4 Å². The van der Waals surface area contributed by atoms with Gasteiger partial charge < -0.3 is 14.5 Å². The predicted octanol–water partition coefficient (Wildman–Crippen LogP) is 3.87. The number of methoxy groups -OCH3 is 1. The average molecular weight is 418 g/mol. The quantitative estimate of drug-likeness (QED) is 0.590. The van der Waals surface area contributed by atoms with Crippen LogP contribution in [0.5, 0.6) is 5.75 Å². The second kappa shape index (κ2) is 7.89. The van der Waals surface area contributed by atoms with Gasteiger partial charge in [-0.05, 0) is 47.0 Å². The molecule has 0 heterocycles. The number of ether oxygens (including phenoxy) is 1. The Hall–Kier alpha value is -2.44. The van der Waals surface area contributed by atoms with Gasteiger partial charge in [0.25, 0.3) is 0 Å². The van der Waals surface area contributed by atoms with Crippen LogP contribution in [0.25, 0.3) is 11.1 Å². The smallest absolute Gasteiger partial charge is 0.329 e. The summed E-state index contributed by atoms with van der Waals surface area (Å²) in [4.78, 5) is 18.4. The number of sulfone groups is 1. The summed E-state index contributed by atoms with van der Waals surface area (Å²) in [7, 11) is -6.74. The summed E-state index contributed by atoms with van der Waals surface area (Å²) in [5, 5.41) is 0. The standard InChI is InChI=1S/C20H19O6PS/c1-26-18-10-6-15(7-11-18)16-8-12-19(13-9-16)28(24,25)20-5-3-2-4-17(20)14-27(21,22)23/h2-13H,14H2,1H3,(H2,21,22,23). The van der Waals surface area contributed by atoms with Gasteiger partial charge in [-0.25, -0.2) is 8.42 Å². The van der Waals surface area contributed by atoms with Crippen LogP contribution in [0.1, 0.15) is 5.56 Å². The van der Waals surface area contributed by atoms with Gasteiger partial charge in [0.1, 0.15) is 5.75 Å². The molecule has 8 heteroatoms. The zero-order valence-corrected chi connectivity index (χ0v) is 16.7. The van der Waals surface area contributed by atoms with Crippen LogP contribution in [0.4, 0.5) is 0 Å². The Kier molecular flexibility index (Phi) is 5.72. The molecule has 0 amide bonds. The molecule has 3 aromatic carbocycles. The Morgan fingerprint density at radius 3 is 1.93 bits per heavy atom. The second-order valence-corrected chi connectivity index (χ2v) is 9.75. The van der Waals surface area contributed by atoms with Crippen LogP contribution in [0.3, 0.4) is 0 Å². The lowest BCUT2D eigenvalue weighted by atomic mass is 10.1. The molecule has 0 aliphatic heterocycles. The Bertz CT molecular complexity index is 1120. The van der Waals surface area contributed by atoms with Crippen molar-refractivity contribution in [2.75, 3.05) is 7.11 Å². The van der Waals surface area contributed by atoms with Crippen molar-refractivity contribution < 1.29 is 27.5 Å². The SMILES string of the molecule is COc1ccc(-c2ccc(S(=O)(=O)c3ccccc3CP(=O)(O)O)cc2)cc1. The van der Waals surface area contributed by atoms with Gasteiger partial charge in [-0.3, -0.25) is 4.57 Å². The highest BCUT2D eigenvalue weighted by Gasteiger charge is 2.25. The molecule has 0 unspecified atom stereocenters. The largest absolute Gasteiger partial charge is 0.497 e. The first-order chi connectivity index (χ1) is 13.2. The molecule has 0 atom stereocenters. The van der Waals surface area contributed by atoms with Crippen molar-refractivity contribution in [1.82, 2.24) is 0 Å². The Balaban J connectivity index is 1.96. The molecular formula is C20H19O6PS. The summed E-state index contributed by atoms with van der Waals surface area (Å²) in [5.74, 6) is 0.726. The van der Waals surface area contributed by atoms with Crippen LogP contribution in [0.2, 0.25) is 0 Å². The predicted molar refractivity (Wildman–Crippen MR) is 106 cm³/mol. The Morgan fingerprint density at radius 1 is 0.857 bits per heavy atom. The Labute approximate surface area is 163 Å². The lowest BCUT2D eigenvalue weighted by Gasteiger charge is -2.12. The number of rotatable bonds is 6. The molecule has 3 rings (SSSR count). The van der Waals surface area contributed by atoms with Gasteiger partial charge in [0, 0.05) is 0 Å². The van der Waals surface area contributed by atoms with Gasteiger partial charge in [0.05, 0.1) is 23.1 Å². The Morgan fingerprint density at radius 2 is 1.39 bits per heavy atom. The molecule has 0 aliphatic carbocycles. The molecule has 0 fully saturated rings. The third kappa shape index (κ3) is 4.51. The van der Waals surface area contributed by atoms with E-state index >= 15 is 0 Å². The highest BCUT2D eigenvalue weighted by Crippen LogP contribution is 2.41. The lowest BCUT2D eigenvalue weighted by Crippen LogP contribution is -2.06. The first-order valence-electron chi connectivity index (χ1n) is 8.33. The normalized spacial score (nSPS) is 12.0. The molecule has 3 aromatic rings. The van der Waals surface area contributed by atoms with Crippen LogP contribution >= 0.6 is 7.60 Å². The summed E-state index contributed by atoms with van der Waals surface area (Å²) in [5.41, 5.74) is 1.84. The van der Waals surface area contributed by atoms with Crippen LogP contribution in [0, 0.1) is 0 Å². The summed E-state index contributed by atoms with van der Waals surface area (Å²) < 4.78 is 42.5. The van der Waals surface area contributed by atoms with E-state index in [1.165, 1.54) is 30.3 Å². The highest BCUT2D eigenvalue weighted by atomic mass is 32.2. The molecule has 0 saturated carbocycles.